The van der Waals surface area contributed by atoms with Gasteiger partial charge in [-0.3, -0.25) is 10.1 Å². The average Bonchev–Trinajstić information content (AvgIpc) is 2.75. The number of anilines is 1. The first-order valence-electron chi connectivity index (χ1n) is 5.41. The summed E-state index contributed by atoms with van der Waals surface area (Å²) in [7, 11) is 1.66. The number of rotatable bonds is 3. The third kappa shape index (κ3) is 2.79. The van der Waals surface area contributed by atoms with Crippen LogP contribution >= 0.6 is 27.7 Å². The molecule has 1 aromatic carbocycles. The number of nitrogens with zero attached hydrogens (tertiary/aromatic N) is 4. The highest BCUT2D eigenvalue weighted by atomic mass is 79.9. The van der Waals surface area contributed by atoms with Crippen molar-refractivity contribution in [3.63, 3.8) is 0 Å². The molecule has 0 fully saturated rings. The Labute approximate surface area is 123 Å². The van der Waals surface area contributed by atoms with Crippen molar-refractivity contribution in [1.29, 1.82) is 0 Å². The van der Waals surface area contributed by atoms with Gasteiger partial charge in [0.15, 0.2) is 0 Å². The molecule has 0 aliphatic heterocycles. The Morgan fingerprint density at radius 3 is 2.79 bits per heavy atom. The molecule has 0 unspecified atom stereocenters. The number of thioether (sulfide) groups is 1. The van der Waals surface area contributed by atoms with Gasteiger partial charge < -0.3 is 0 Å². The molecule has 6 nitrogen and oxygen atoms in total. The van der Waals surface area contributed by atoms with Gasteiger partial charge in [0, 0.05) is 22.0 Å². The largest absolute Gasteiger partial charge is 0.289 e. The number of aryl methyl sites for hydroxylation is 1. The average molecular weight is 342 g/mol. The van der Waals surface area contributed by atoms with Crippen LogP contribution in [-0.2, 0) is 7.05 Å². The van der Waals surface area contributed by atoms with Crippen molar-refractivity contribution in [2.24, 2.45) is 7.05 Å². The second-order valence-electron chi connectivity index (χ2n) is 3.83. The maximum absolute atomic E-state index is 12.2. The monoisotopic (exact) mass is 341 g/mol. The molecule has 0 aliphatic rings. The number of amides is 1. The number of halogens is 1. The molecule has 0 saturated heterocycles. The second-order valence-corrected chi connectivity index (χ2v) is 5.50. The van der Waals surface area contributed by atoms with E-state index in [0.717, 1.165) is 14.9 Å². The predicted molar refractivity (Wildman–Crippen MR) is 77.4 cm³/mol. The quantitative estimate of drug-likeness (QED) is 0.867. The first-order valence-corrected chi connectivity index (χ1v) is 7.43. The fourth-order valence-electron chi connectivity index (χ4n) is 1.66. The minimum absolute atomic E-state index is 0.224. The SMILES string of the molecule is CSc1c(Br)ccc(C(=O)Nc2nnnn2C)c1C. The first kappa shape index (κ1) is 14.0. The Morgan fingerprint density at radius 1 is 1.47 bits per heavy atom. The zero-order valence-electron chi connectivity index (χ0n) is 10.6. The number of nitrogens with one attached hydrogen (secondary N) is 1. The normalized spacial score (nSPS) is 10.5. The molecule has 1 amide bonds. The van der Waals surface area contributed by atoms with Crippen LogP contribution < -0.4 is 5.32 Å². The molecule has 0 bridgehead atoms. The Balaban J connectivity index is 2.32. The zero-order chi connectivity index (χ0) is 14.0. The van der Waals surface area contributed by atoms with E-state index in [-0.39, 0.29) is 5.91 Å². The molecule has 2 rings (SSSR count). The van der Waals surface area contributed by atoms with Gasteiger partial charge >= 0.3 is 0 Å². The van der Waals surface area contributed by atoms with E-state index in [4.69, 9.17) is 0 Å². The molecule has 8 heteroatoms. The summed E-state index contributed by atoms with van der Waals surface area (Å²) < 4.78 is 2.39. The van der Waals surface area contributed by atoms with E-state index in [0.29, 0.717) is 11.5 Å². The summed E-state index contributed by atoms with van der Waals surface area (Å²) in [5, 5.41) is 13.5. The standard InChI is InChI=1S/C11H12BrN5OS/c1-6-7(4-5-8(12)9(6)19-3)10(18)13-11-14-15-16-17(11)2/h4-5H,1-3H3,(H,13,14,16,18). The fourth-order valence-corrected chi connectivity index (χ4v) is 3.25. The van der Waals surface area contributed by atoms with Crippen molar-refractivity contribution in [3.05, 3.63) is 27.7 Å². The molecule has 0 aliphatic carbocycles. The maximum Gasteiger partial charge on any atom is 0.258 e. The Kier molecular flexibility index (Phi) is 4.20. The molecular weight excluding hydrogens is 330 g/mol. The Morgan fingerprint density at radius 2 is 2.21 bits per heavy atom. The van der Waals surface area contributed by atoms with Crippen LogP contribution in [0.4, 0.5) is 5.95 Å². The summed E-state index contributed by atoms with van der Waals surface area (Å²) in [5.74, 6) is 0.0937. The van der Waals surface area contributed by atoms with Crippen LogP contribution in [0.2, 0.25) is 0 Å². The smallest absolute Gasteiger partial charge is 0.258 e. The van der Waals surface area contributed by atoms with E-state index in [2.05, 4.69) is 36.8 Å². The second kappa shape index (κ2) is 5.70. The molecule has 1 N–H and O–H groups in total. The highest BCUT2D eigenvalue weighted by Gasteiger charge is 2.15. The van der Waals surface area contributed by atoms with Crippen LogP contribution in [0, 0.1) is 6.92 Å². The van der Waals surface area contributed by atoms with Crippen LogP contribution in [0.5, 0.6) is 0 Å². The van der Waals surface area contributed by atoms with Gasteiger partial charge in [-0.05, 0) is 57.2 Å². The van der Waals surface area contributed by atoms with Gasteiger partial charge in [-0.25, -0.2) is 4.68 Å². The van der Waals surface area contributed by atoms with E-state index in [9.17, 15) is 4.79 Å². The lowest BCUT2D eigenvalue weighted by atomic mass is 10.1. The van der Waals surface area contributed by atoms with Crippen LogP contribution in [0.15, 0.2) is 21.5 Å². The molecule has 1 aromatic heterocycles. The van der Waals surface area contributed by atoms with Crippen molar-refractivity contribution in [3.8, 4) is 0 Å². The molecule has 0 saturated carbocycles. The third-order valence-corrected chi connectivity index (χ3v) is 4.51. The van der Waals surface area contributed by atoms with Crippen molar-refractivity contribution in [2.75, 3.05) is 11.6 Å². The number of hydrogen-bond donors (Lipinski definition) is 1. The number of benzene rings is 1. The molecule has 0 spiro atoms. The first-order chi connectivity index (χ1) is 9.04. The third-order valence-electron chi connectivity index (χ3n) is 2.65. The predicted octanol–water partition coefficient (Wildman–Crippen LogP) is 2.26. The van der Waals surface area contributed by atoms with E-state index in [1.54, 1.807) is 24.9 Å². The molecular formula is C11H12BrN5OS. The Bertz CT molecular complexity index is 628. The van der Waals surface area contributed by atoms with E-state index in [1.807, 2.05) is 19.2 Å². The van der Waals surface area contributed by atoms with E-state index in [1.165, 1.54) is 4.68 Å². The zero-order valence-corrected chi connectivity index (χ0v) is 13.0. The number of carbonyl (C=O) groups excluding carboxylic acids is 1. The topological polar surface area (TPSA) is 72.7 Å². The van der Waals surface area contributed by atoms with Crippen LogP contribution in [0.25, 0.3) is 0 Å². The summed E-state index contributed by atoms with van der Waals surface area (Å²) in [5.41, 5.74) is 1.53. The summed E-state index contributed by atoms with van der Waals surface area (Å²) in [4.78, 5) is 13.3. The van der Waals surface area contributed by atoms with Crippen molar-refractivity contribution in [2.45, 2.75) is 11.8 Å². The van der Waals surface area contributed by atoms with Crippen LogP contribution in [0.3, 0.4) is 0 Å². The summed E-state index contributed by atoms with van der Waals surface area (Å²) in [6.45, 7) is 1.92. The maximum atomic E-state index is 12.2. The lowest BCUT2D eigenvalue weighted by Crippen LogP contribution is -2.16. The molecule has 19 heavy (non-hydrogen) atoms. The van der Waals surface area contributed by atoms with E-state index < -0.39 is 0 Å². The van der Waals surface area contributed by atoms with Crippen LogP contribution in [0.1, 0.15) is 15.9 Å². The number of aromatic nitrogens is 4. The van der Waals surface area contributed by atoms with Crippen molar-refractivity contribution < 1.29 is 4.79 Å². The highest BCUT2D eigenvalue weighted by molar-refractivity contribution is 9.10. The van der Waals surface area contributed by atoms with Gasteiger partial charge in [0.2, 0.25) is 5.95 Å². The molecule has 1 heterocycles. The van der Waals surface area contributed by atoms with Crippen molar-refractivity contribution >= 4 is 39.5 Å². The fraction of sp³-hybridized carbons (Fsp3) is 0.273. The van der Waals surface area contributed by atoms with Gasteiger partial charge in [0.25, 0.3) is 5.91 Å². The lowest BCUT2D eigenvalue weighted by Gasteiger charge is -2.11. The minimum atomic E-state index is -0.224. The van der Waals surface area contributed by atoms with E-state index >= 15 is 0 Å². The van der Waals surface area contributed by atoms with Gasteiger partial charge in [-0.15, -0.1) is 11.8 Å². The summed E-state index contributed by atoms with van der Waals surface area (Å²) in [6, 6.07) is 3.64. The van der Waals surface area contributed by atoms with Crippen molar-refractivity contribution in [1.82, 2.24) is 20.2 Å². The number of hydrogen-bond acceptors (Lipinski definition) is 5. The molecule has 0 atom stereocenters. The number of tetrazole rings is 1. The van der Waals surface area contributed by atoms with Gasteiger partial charge in [0.05, 0.1) is 0 Å². The molecule has 0 radical (unpaired) electrons. The minimum Gasteiger partial charge on any atom is -0.289 e. The van der Waals surface area contributed by atoms with Gasteiger partial charge in [-0.2, -0.15) is 0 Å². The van der Waals surface area contributed by atoms with Gasteiger partial charge in [-0.1, -0.05) is 5.10 Å². The van der Waals surface area contributed by atoms with Gasteiger partial charge in [0.1, 0.15) is 0 Å². The summed E-state index contributed by atoms with van der Waals surface area (Å²) >= 11 is 5.07. The Hall–Kier alpha value is -1.41. The number of carbonyl (C=O) groups is 1. The van der Waals surface area contributed by atoms with Crippen LogP contribution in [-0.4, -0.2) is 32.4 Å². The highest BCUT2D eigenvalue weighted by Crippen LogP contribution is 2.31. The molecule has 2 aromatic rings. The summed E-state index contributed by atoms with van der Waals surface area (Å²) in [6.07, 6.45) is 1.97. The lowest BCUT2D eigenvalue weighted by molar-refractivity contribution is 0.102. The molecule has 100 valence electrons.